The van der Waals surface area contributed by atoms with E-state index in [1.165, 1.54) is 0 Å². The van der Waals surface area contributed by atoms with Gasteiger partial charge in [-0.1, -0.05) is 0 Å². The van der Waals surface area contributed by atoms with Crippen LogP contribution in [0, 0.1) is 5.41 Å². The molecule has 0 saturated heterocycles. The molecule has 16 nitrogen and oxygen atoms in total. The van der Waals surface area contributed by atoms with Crippen LogP contribution in [0.5, 0.6) is 23.0 Å². The van der Waals surface area contributed by atoms with Crippen LogP contribution >= 0.6 is 46.4 Å². The predicted octanol–water partition coefficient (Wildman–Crippen LogP) is 8.40. The normalized spacial score (nSPS) is 21.8. The summed E-state index contributed by atoms with van der Waals surface area (Å²) in [5, 5.41) is 0. The molecular formula is C45H52Cl4N4O12. The van der Waals surface area contributed by atoms with Crippen LogP contribution in [0.15, 0.2) is 24.8 Å². The summed E-state index contributed by atoms with van der Waals surface area (Å²) in [4.78, 5) is 18.7. The van der Waals surface area contributed by atoms with Crippen LogP contribution in [0.2, 0.25) is 0 Å². The first-order valence-corrected chi connectivity index (χ1v) is 23.4. The lowest BCUT2D eigenvalue weighted by Gasteiger charge is -2.35. The maximum atomic E-state index is 6.98. The lowest BCUT2D eigenvalue weighted by atomic mass is 9.91. The molecule has 8 rings (SSSR count). The van der Waals surface area contributed by atoms with Crippen LogP contribution in [0.1, 0.15) is 95.0 Å². The lowest BCUT2D eigenvalue weighted by Crippen LogP contribution is -2.46. The Bertz CT molecular complexity index is 1980. The summed E-state index contributed by atoms with van der Waals surface area (Å²) < 4.78 is 75.6. The maximum Gasteiger partial charge on any atom is 0.155 e. The van der Waals surface area contributed by atoms with Crippen molar-refractivity contribution >= 4 is 46.4 Å². The van der Waals surface area contributed by atoms with Gasteiger partial charge in [0.1, 0.15) is 54.8 Å². The quantitative estimate of drug-likeness (QED) is 0.0983. The standard InChI is InChI=1S/C45H52Cl4N4O12/c1-25-54-13-29-9-50-37(5-46)41(33(29)17-58-25)62-21-45(22-63-42-34-18-59-26(2)55-14-30(34)10-51-38(42)6-47,23-64-43-35-19-60-27(3)56-15-31(35)11-52-39(43)7-48)24-65-44-36-20-61-28(4)57-16-32(36)12-53-40(44)8-49/h9-12,25-28H,5-8,13-24H2,1-4H3. The van der Waals surface area contributed by atoms with Crippen molar-refractivity contribution in [3.63, 3.8) is 0 Å². The molecule has 4 aliphatic heterocycles. The van der Waals surface area contributed by atoms with Gasteiger partial charge in [-0.15, -0.1) is 46.4 Å². The lowest BCUT2D eigenvalue weighted by molar-refractivity contribution is -0.136. The Morgan fingerprint density at radius 1 is 0.400 bits per heavy atom. The number of hydrogen-bond donors (Lipinski definition) is 0. The molecule has 0 amide bonds. The van der Waals surface area contributed by atoms with Gasteiger partial charge in [-0.25, -0.2) is 0 Å². The molecule has 4 aromatic rings. The second-order valence-corrected chi connectivity index (χ2v) is 17.2. The van der Waals surface area contributed by atoms with Crippen molar-refractivity contribution < 1.29 is 56.8 Å². The van der Waals surface area contributed by atoms with E-state index in [-0.39, 0.29) is 103 Å². The molecule has 352 valence electrons. The number of halogens is 4. The molecule has 0 aliphatic carbocycles. The average Bonchev–Trinajstić information content (AvgIpc) is 3.82. The first kappa shape index (κ1) is 48.1. The van der Waals surface area contributed by atoms with E-state index >= 15 is 0 Å². The van der Waals surface area contributed by atoms with Crippen LogP contribution in [0.25, 0.3) is 0 Å². The van der Waals surface area contributed by atoms with E-state index in [9.17, 15) is 0 Å². The zero-order valence-corrected chi connectivity index (χ0v) is 39.7. The van der Waals surface area contributed by atoms with Crippen molar-refractivity contribution in [1.82, 2.24) is 19.9 Å². The molecule has 0 aromatic carbocycles. The third kappa shape index (κ3) is 11.2. The van der Waals surface area contributed by atoms with Crippen molar-refractivity contribution in [3.8, 4) is 23.0 Å². The molecule has 0 radical (unpaired) electrons. The van der Waals surface area contributed by atoms with Gasteiger partial charge >= 0.3 is 0 Å². The Balaban J connectivity index is 1.25. The molecule has 0 fully saturated rings. The van der Waals surface area contributed by atoms with E-state index < -0.39 is 30.6 Å². The van der Waals surface area contributed by atoms with E-state index in [2.05, 4.69) is 19.9 Å². The van der Waals surface area contributed by atoms with Crippen molar-refractivity contribution in [2.75, 3.05) is 26.4 Å². The Morgan fingerprint density at radius 3 is 0.831 bits per heavy atom. The zero-order valence-electron chi connectivity index (χ0n) is 36.6. The third-order valence-electron chi connectivity index (χ3n) is 11.5. The number of rotatable bonds is 16. The zero-order chi connectivity index (χ0) is 45.5. The first-order valence-electron chi connectivity index (χ1n) is 21.3. The average molecular weight is 983 g/mol. The number of pyridine rings is 4. The van der Waals surface area contributed by atoms with Gasteiger partial charge in [0.15, 0.2) is 25.2 Å². The highest BCUT2D eigenvalue weighted by Gasteiger charge is 2.39. The number of nitrogens with zero attached hydrogens (tertiary/aromatic N) is 4. The smallest absolute Gasteiger partial charge is 0.155 e. The first-order chi connectivity index (χ1) is 31.6. The summed E-state index contributed by atoms with van der Waals surface area (Å²) in [6.45, 7) is 8.85. The molecule has 0 N–H and O–H groups in total. The minimum absolute atomic E-state index is 0.0553. The second kappa shape index (κ2) is 22.2. The SMILES string of the molecule is CC1OCc2cnc(CCl)c(OCC(COc3c(CCl)ncc4c3COC(C)OC4)(COc3c(CCl)ncc4c3COC(C)OC4)COc3c(CCl)ncc4c3COC(C)OC4)c2CO1. The monoisotopic (exact) mass is 980 g/mol. The van der Waals surface area contributed by atoms with Gasteiger partial charge in [0.05, 0.1) is 99.2 Å². The fraction of sp³-hybridized carbons (Fsp3) is 0.556. The molecule has 4 atom stereocenters. The molecule has 4 aromatic heterocycles. The number of hydrogen-bond acceptors (Lipinski definition) is 16. The maximum absolute atomic E-state index is 6.98. The molecular weight excluding hydrogens is 930 g/mol. The van der Waals surface area contributed by atoms with Crippen LogP contribution in [-0.4, -0.2) is 71.5 Å². The number of aromatic nitrogens is 4. The number of fused-ring (bicyclic) bond motifs is 4. The topological polar surface area (TPSA) is 162 Å². The number of ether oxygens (including phenoxy) is 12. The Kier molecular flexibility index (Phi) is 16.4. The Morgan fingerprint density at radius 2 is 0.615 bits per heavy atom. The summed E-state index contributed by atoms with van der Waals surface area (Å²) in [6, 6.07) is 0. The molecule has 4 unspecified atom stereocenters. The van der Waals surface area contributed by atoms with Gasteiger partial charge in [-0.05, 0) is 27.7 Å². The summed E-state index contributed by atoms with van der Waals surface area (Å²) in [7, 11) is 0. The Labute approximate surface area is 397 Å². The highest BCUT2D eigenvalue weighted by Crippen LogP contribution is 2.39. The minimum Gasteiger partial charge on any atom is -0.490 e. The van der Waals surface area contributed by atoms with E-state index in [0.717, 1.165) is 44.5 Å². The molecule has 0 bridgehead atoms. The molecule has 65 heavy (non-hydrogen) atoms. The second-order valence-electron chi connectivity index (χ2n) is 16.1. The van der Waals surface area contributed by atoms with Crippen molar-refractivity contribution in [1.29, 1.82) is 0 Å². The van der Waals surface area contributed by atoms with Gasteiger partial charge < -0.3 is 56.8 Å². The van der Waals surface area contributed by atoms with Crippen LogP contribution < -0.4 is 18.9 Å². The van der Waals surface area contributed by atoms with Gasteiger partial charge in [0, 0.05) is 69.3 Å². The van der Waals surface area contributed by atoms with Gasteiger partial charge in [-0.2, -0.15) is 0 Å². The number of alkyl halides is 4. The third-order valence-corrected chi connectivity index (χ3v) is 12.6. The molecule has 0 spiro atoms. The summed E-state index contributed by atoms with van der Waals surface area (Å²) in [5.41, 5.74) is 7.05. The largest absolute Gasteiger partial charge is 0.490 e. The van der Waals surface area contributed by atoms with Crippen LogP contribution in [0.3, 0.4) is 0 Å². The summed E-state index contributed by atoms with van der Waals surface area (Å²) in [6.07, 6.45) is 5.11. The van der Waals surface area contributed by atoms with Crippen LogP contribution in [0.4, 0.5) is 0 Å². The van der Waals surface area contributed by atoms with Crippen LogP contribution in [-0.2, 0) is 114 Å². The van der Waals surface area contributed by atoms with Crippen molar-refractivity contribution in [2.24, 2.45) is 5.41 Å². The fourth-order valence-electron chi connectivity index (χ4n) is 7.62. The van der Waals surface area contributed by atoms with Gasteiger partial charge in [-0.3, -0.25) is 19.9 Å². The Hall–Kier alpha value is -3.36. The van der Waals surface area contributed by atoms with E-state index in [0.29, 0.717) is 45.8 Å². The van der Waals surface area contributed by atoms with E-state index in [1.807, 2.05) is 27.7 Å². The highest BCUT2D eigenvalue weighted by atomic mass is 35.5. The highest BCUT2D eigenvalue weighted by molar-refractivity contribution is 6.17. The summed E-state index contributed by atoms with van der Waals surface area (Å²) >= 11 is 26.3. The molecule has 8 heterocycles. The molecule has 0 saturated carbocycles. The predicted molar refractivity (Wildman–Crippen MR) is 236 cm³/mol. The van der Waals surface area contributed by atoms with Crippen molar-refractivity contribution in [3.05, 3.63) is 92.1 Å². The fourth-order valence-corrected chi connectivity index (χ4v) is 8.38. The van der Waals surface area contributed by atoms with Crippen molar-refractivity contribution in [2.45, 2.75) is 129 Å². The van der Waals surface area contributed by atoms with E-state index in [4.69, 9.17) is 103 Å². The van der Waals surface area contributed by atoms with Gasteiger partial charge in [0.25, 0.3) is 0 Å². The molecule has 20 heteroatoms. The minimum atomic E-state index is -1.22. The van der Waals surface area contributed by atoms with E-state index in [1.54, 1.807) is 24.8 Å². The summed E-state index contributed by atoms with van der Waals surface area (Å²) in [5.74, 6) is 2.01. The molecule has 4 aliphatic rings. The van der Waals surface area contributed by atoms with Gasteiger partial charge in [0.2, 0.25) is 0 Å².